The van der Waals surface area contributed by atoms with E-state index in [2.05, 4.69) is 5.32 Å². The smallest absolute Gasteiger partial charge is 0.370 e. The molecule has 0 bridgehead atoms. The number of alkyl halides is 3. The summed E-state index contributed by atoms with van der Waals surface area (Å²) in [6.07, 6.45) is -0.746. The molecule has 0 aromatic rings. The predicted molar refractivity (Wildman–Crippen MR) is 39.0 cm³/mol. The Kier molecular flexibility index (Phi) is 1.91. The molecule has 1 atom stereocenters. The Labute approximate surface area is 67.9 Å². The molecule has 0 spiro atoms. The number of rotatable bonds is 0. The molecule has 12 heavy (non-hydrogen) atoms. The molecule has 0 aromatic carbocycles. The molecular weight excluding hydrogens is 169 g/mol. The third kappa shape index (κ3) is 1.61. The number of nitrogens with one attached hydrogen (secondary N) is 1. The maximum Gasteiger partial charge on any atom is 0.416 e. The minimum absolute atomic E-state index is 0.766. The van der Waals surface area contributed by atoms with Crippen LogP contribution in [0.1, 0.15) is 6.92 Å². The summed E-state index contributed by atoms with van der Waals surface area (Å²) in [6, 6.07) is 0. The van der Waals surface area contributed by atoms with E-state index in [0.29, 0.717) is 0 Å². The Morgan fingerprint density at radius 1 is 1.50 bits per heavy atom. The van der Waals surface area contributed by atoms with Gasteiger partial charge in [0.1, 0.15) is 5.66 Å². The standard InChI is InChI=1S/C7H9F3N2/c1-6(11)5(7(8,9)10)3-2-4-12-6/h2-4,12H,11H2,1H3. The van der Waals surface area contributed by atoms with Crippen LogP contribution in [0.25, 0.3) is 0 Å². The second-order valence-corrected chi connectivity index (χ2v) is 2.78. The van der Waals surface area contributed by atoms with Crippen molar-refractivity contribution in [2.24, 2.45) is 5.73 Å². The molecule has 5 heteroatoms. The van der Waals surface area contributed by atoms with Gasteiger partial charge in [-0.3, -0.25) is 0 Å². The van der Waals surface area contributed by atoms with Crippen LogP contribution in [0.2, 0.25) is 0 Å². The summed E-state index contributed by atoms with van der Waals surface area (Å²) < 4.78 is 36.6. The van der Waals surface area contributed by atoms with E-state index in [1.165, 1.54) is 19.2 Å². The van der Waals surface area contributed by atoms with Crippen LogP contribution in [0, 0.1) is 0 Å². The van der Waals surface area contributed by atoms with Gasteiger partial charge in [0, 0.05) is 0 Å². The second kappa shape index (κ2) is 2.52. The van der Waals surface area contributed by atoms with Crippen LogP contribution in [0.3, 0.4) is 0 Å². The molecule has 0 radical (unpaired) electrons. The summed E-state index contributed by atoms with van der Waals surface area (Å²) in [6.45, 7) is 1.27. The van der Waals surface area contributed by atoms with E-state index >= 15 is 0 Å². The lowest BCUT2D eigenvalue weighted by atomic mass is 9.99. The van der Waals surface area contributed by atoms with Gasteiger partial charge in [-0.05, 0) is 25.3 Å². The first-order valence-corrected chi connectivity index (χ1v) is 3.35. The molecule has 0 aliphatic carbocycles. The van der Waals surface area contributed by atoms with Gasteiger partial charge in [0.15, 0.2) is 0 Å². The SMILES string of the molecule is CC1(N)NC=CC=C1C(F)(F)F. The molecule has 0 saturated carbocycles. The first kappa shape index (κ1) is 9.12. The van der Waals surface area contributed by atoms with E-state index in [4.69, 9.17) is 5.73 Å². The molecular formula is C7H9F3N2. The topological polar surface area (TPSA) is 38.0 Å². The van der Waals surface area contributed by atoms with E-state index in [9.17, 15) is 13.2 Å². The van der Waals surface area contributed by atoms with E-state index in [-0.39, 0.29) is 0 Å². The highest BCUT2D eigenvalue weighted by molar-refractivity contribution is 5.30. The third-order valence-corrected chi connectivity index (χ3v) is 1.61. The summed E-state index contributed by atoms with van der Waals surface area (Å²) in [5.74, 6) is 0. The van der Waals surface area contributed by atoms with Crippen molar-refractivity contribution in [2.75, 3.05) is 0 Å². The normalized spacial score (nSPS) is 29.6. The molecule has 0 saturated heterocycles. The van der Waals surface area contributed by atoms with Crippen molar-refractivity contribution >= 4 is 0 Å². The largest absolute Gasteiger partial charge is 0.416 e. The lowest BCUT2D eigenvalue weighted by Gasteiger charge is -2.31. The van der Waals surface area contributed by atoms with Gasteiger partial charge in [0.2, 0.25) is 0 Å². The Balaban J connectivity index is 3.01. The number of nitrogens with two attached hydrogens (primary N) is 1. The van der Waals surface area contributed by atoms with Gasteiger partial charge in [0.25, 0.3) is 0 Å². The molecule has 0 amide bonds. The van der Waals surface area contributed by atoms with Crippen molar-refractivity contribution in [1.82, 2.24) is 5.32 Å². The minimum atomic E-state index is -4.37. The number of halogens is 3. The summed E-state index contributed by atoms with van der Waals surface area (Å²) in [4.78, 5) is 0. The molecule has 0 fully saturated rings. The van der Waals surface area contributed by atoms with Gasteiger partial charge in [-0.15, -0.1) is 0 Å². The molecule has 2 nitrogen and oxygen atoms in total. The van der Waals surface area contributed by atoms with E-state index in [1.807, 2.05) is 0 Å². The molecule has 1 aliphatic rings. The Morgan fingerprint density at radius 3 is 2.42 bits per heavy atom. The van der Waals surface area contributed by atoms with Crippen molar-refractivity contribution in [3.63, 3.8) is 0 Å². The summed E-state index contributed by atoms with van der Waals surface area (Å²) in [5.41, 5.74) is 3.07. The lowest BCUT2D eigenvalue weighted by Crippen LogP contribution is -2.54. The fourth-order valence-corrected chi connectivity index (χ4v) is 1.01. The first-order valence-electron chi connectivity index (χ1n) is 3.35. The highest BCUT2D eigenvalue weighted by Gasteiger charge is 2.43. The Hall–Kier alpha value is -0.970. The van der Waals surface area contributed by atoms with E-state index in [1.54, 1.807) is 0 Å². The predicted octanol–water partition coefficient (Wildman–Crippen LogP) is 1.27. The maximum atomic E-state index is 12.2. The van der Waals surface area contributed by atoms with Crippen LogP contribution >= 0.6 is 0 Å². The molecule has 1 aliphatic heterocycles. The average Bonchev–Trinajstić information content (AvgIpc) is 1.83. The van der Waals surface area contributed by atoms with Gasteiger partial charge in [-0.2, -0.15) is 13.2 Å². The van der Waals surface area contributed by atoms with Crippen molar-refractivity contribution in [3.8, 4) is 0 Å². The van der Waals surface area contributed by atoms with E-state index < -0.39 is 17.4 Å². The number of hydrogen-bond acceptors (Lipinski definition) is 2. The van der Waals surface area contributed by atoms with Crippen molar-refractivity contribution in [3.05, 3.63) is 23.9 Å². The number of hydrogen-bond donors (Lipinski definition) is 2. The number of dihydropyridines is 1. The second-order valence-electron chi connectivity index (χ2n) is 2.78. The zero-order valence-electron chi connectivity index (χ0n) is 6.44. The summed E-state index contributed by atoms with van der Waals surface area (Å²) in [5, 5.41) is 2.42. The van der Waals surface area contributed by atoms with Gasteiger partial charge >= 0.3 is 6.18 Å². The average molecular weight is 178 g/mol. The zero-order valence-corrected chi connectivity index (χ0v) is 6.44. The van der Waals surface area contributed by atoms with Gasteiger partial charge in [-0.1, -0.05) is 0 Å². The van der Waals surface area contributed by atoms with Gasteiger partial charge in [-0.25, -0.2) is 0 Å². The van der Waals surface area contributed by atoms with Crippen LogP contribution < -0.4 is 11.1 Å². The zero-order chi connectivity index (χ0) is 9.41. The Morgan fingerprint density at radius 2 is 2.08 bits per heavy atom. The first-order chi connectivity index (χ1) is 5.34. The molecule has 1 rings (SSSR count). The third-order valence-electron chi connectivity index (χ3n) is 1.61. The fourth-order valence-electron chi connectivity index (χ4n) is 1.01. The Bertz CT molecular complexity index is 238. The van der Waals surface area contributed by atoms with Crippen LogP contribution in [-0.4, -0.2) is 11.8 Å². The van der Waals surface area contributed by atoms with Crippen LogP contribution in [-0.2, 0) is 0 Å². The maximum absolute atomic E-state index is 12.2. The summed E-state index contributed by atoms with van der Waals surface area (Å²) >= 11 is 0. The van der Waals surface area contributed by atoms with Crippen molar-refractivity contribution in [1.29, 1.82) is 0 Å². The molecule has 1 unspecified atom stereocenters. The highest BCUT2D eigenvalue weighted by Crippen LogP contribution is 2.32. The van der Waals surface area contributed by atoms with Crippen molar-refractivity contribution in [2.45, 2.75) is 18.8 Å². The molecule has 0 aromatic heterocycles. The van der Waals surface area contributed by atoms with E-state index in [0.717, 1.165) is 6.08 Å². The van der Waals surface area contributed by atoms with Crippen LogP contribution in [0.15, 0.2) is 23.9 Å². The molecule has 3 N–H and O–H groups in total. The monoisotopic (exact) mass is 178 g/mol. The lowest BCUT2D eigenvalue weighted by molar-refractivity contribution is -0.101. The van der Waals surface area contributed by atoms with Crippen molar-refractivity contribution < 1.29 is 13.2 Å². The van der Waals surface area contributed by atoms with Crippen LogP contribution in [0.4, 0.5) is 13.2 Å². The highest BCUT2D eigenvalue weighted by atomic mass is 19.4. The minimum Gasteiger partial charge on any atom is -0.370 e. The van der Waals surface area contributed by atoms with Gasteiger partial charge in [0.05, 0.1) is 5.57 Å². The number of allylic oxidation sites excluding steroid dienone is 2. The summed E-state index contributed by atoms with van der Waals surface area (Å²) in [7, 11) is 0. The van der Waals surface area contributed by atoms with Gasteiger partial charge < -0.3 is 11.1 Å². The molecule has 68 valence electrons. The quantitative estimate of drug-likeness (QED) is 0.586. The molecule has 1 heterocycles. The fraction of sp³-hybridized carbons (Fsp3) is 0.429. The van der Waals surface area contributed by atoms with Crippen LogP contribution in [0.5, 0.6) is 0 Å².